The Morgan fingerprint density at radius 3 is 2.44 bits per heavy atom. The molecule has 2 aliphatic heterocycles. The van der Waals surface area contributed by atoms with Gasteiger partial charge in [-0.3, -0.25) is 4.79 Å². The predicted octanol–water partition coefficient (Wildman–Crippen LogP) is 1.87. The Labute approximate surface area is 100 Å². The van der Waals surface area contributed by atoms with E-state index < -0.39 is 0 Å². The minimum absolute atomic E-state index is 0.262. The number of quaternary nitrogens is 1. The highest BCUT2D eigenvalue weighted by Crippen LogP contribution is 2.30. The lowest BCUT2D eigenvalue weighted by atomic mass is 10.1. The second-order valence-electron chi connectivity index (χ2n) is 5.10. The number of hydrogen-bond donors (Lipinski definition) is 0. The van der Waals surface area contributed by atoms with Crippen LogP contribution < -0.4 is 0 Å². The average Bonchev–Trinajstić information content (AvgIpc) is 2.60. The molecule has 94 valence electrons. The van der Waals surface area contributed by atoms with Crippen molar-refractivity contribution in [1.82, 2.24) is 4.90 Å². The molecule has 2 fully saturated rings. The molecule has 0 aromatic rings. The molecule has 0 aromatic carbocycles. The fourth-order valence-electron chi connectivity index (χ4n) is 3.10. The number of fused-ring (bicyclic) bond motifs is 2. The van der Waals surface area contributed by atoms with E-state index in [1.165, 1.54) is 24.0 Å². The van der Waals surface area contributed by atoms with E-state index in [9.17, 15) is 4.79 Å². The van der Waals surface area contributed by atoms with Gasteiger partial charge in [-0.15, -0.1) is 0 Å². The van der Waals surface area contributed by atoms with E-state index >= 15 is 0 Å². The van der Waals surface area contributed by atoms with Gasteiger partial charge in [0, 0.05) is 13.3 Å². The Bertz CT molecular complexity index is 252. The lowest BCUT2D eigenvalue weighted by molar-refractivity contribution is -0.940. The monoisotopic (exact) mass is 227 g/mol. The highest BCUT2D eigenvalue weighted by atomic mass is 16.2. The van der Waals surface area contributed by atoms with Gasteiger partial charge in [-0.1, -0.05) is 13.8 Å². The molecule has 0 N–H and O–H groups in total. The molecule has 1 amide bonds. The van der Waals surface area contributed by atoms with Gasteiger partial charge >= 0.3 is 0 Å². The molecular formula is C13H27N2O+. The normalized spacial score (nSPS) is 32.4. The zero-order valence-electron chi connectivity index (χ0n) is 11.5. The smallest absolute Gasteiger partial charge is 0.220 e. The third-order valence-electron chi connectivity index (χ3n) is 4.21. The third kappa shape index (κ3) is 2.24. The summed E-state index contributed by atoms with van der Waals surface area (Å²) >= 11 is 0. The summed E-state index contributed by atoms with van der Waals surface area (Å²) in [6.45, 7) is 14.9. The van der Waals surface area contributed by atoms with E-state index in [1.54, 1.807) is 6.92 Å². The van der Waals surface area contributed by atoms with Crippen LogP contribution in [0.15, 0.2) is 0 Å². The van der Waals surface area contributed by atoms with Crippen molar-refractivity contribution in [2.24, 2.45) is 0 Å². The van der Waals surface area contributed by atoms with Crippen LogP contribution in [-0.2, 0) is 4.79 Å². The van der Waals surface area contributed by atoms with Crippen molar-refractivity contribution in [2.75, 3.05) is 26.2 Å². The Hall–Kier alpha value is -0.570. The van der Waals surface area contributed by atoms with Crippen LogP contribution in [-0.4, -0.2) is 53.6 Å². The zero-order valence-corrected chi connectivity index (χ0v) is 11.5. The van der Waals surface area contributed by atoms with Gasteiger partial charge in [-0.2, -0.15) is 0 Å². The fraction of sp³-hybridized carbons (Fsp3) is 0.923. The molecular weight excluding hydrogens is 200 g/mol. The van der Waals surface area contributed by atoms with E-state index in [2.05, 4.69) is 18.7 Å². The summed E-state index contributed by atoms with van der Waals surface area (Å²) in [5.74, 6) is 0.262. The van der Waals surface area contributed by atoms with Gasteiger partial charge in [0.05, 0.1) is 38.3 Å². The highest BCUT2D eigenvalue weighted by Gasteiger charge is 2.47. The molecule has 16 heavy (non-hydrogen) atoms. The van der Waals surface area contributed by atoms with Crippen LogP contribution in [0.25, 0.3) is 0 Å². The largest absolute Gasteiger partial charge is 0.328 e. The van der Waals surface area contributed by atoms with Gasteiger partial charge < -0.3 is 9.38 Å². The van der Waals surface area contributed by atoms with Crippen molar-refractivity contribution in [2.45, 2.75) is 53.1 Å². The Morgan fingerprint density at radius 1 is 1.31 bits per heavy atom. The molecule has 2 saturated heterocycles. The van der Waals surface area contributed by atoms with E-state index in [-0.39, 0.29) is 5.91 Å². The molecule has 3 heteroatoms. The Balaban J connectivity index is 0.000000606. The topological polar surface area (TPSA) is 20.3 Å². The van der Waals surface area contributed by atoms with E-state index in [1.807, 2.05) is 13.8 Å². The van der Waals surface area contributed by atoms with Crippen molar-refractivity contribution in [3.63, 3.8) is 0 Å². The predicted molar refractivity (Wildman–Crippen MR) is 67.1 cm³/mol. The van der Waals surface area contributed by atoms with Crippen LogP contribution >= 0.6 is 0 Å². The standard InChI is InChI=1S/C11H21N2O.C2H6/c1-9(2)13-6-4-11(8-13)12(5-7-13)10(3)14;1-2/h9,11H,4-8H2,1-3H3;1-2H3/q+1;. The van der Waals surface area contributed by atoms with Gasteiger partial charge in [0.15, 0.2) is 0 Å². The molecule has 2 atom stereocenters. The first-order chi connectivity index (χ1) is 7.55. The van der Waals surface area contributed by atoms with Crippen LogP contribution in [0.2, 0.25) is 0 Å². The summed E-state index contributed by atoms with van der Waals surface area (Å²) in [6, 6.07) is 1.25. The Morgan fingerprint density at radius 2 is 1.94 bits per heavy atom. The highest BCUT2D eigenvalue weighted by molar-refractivity contribution is 5.73. The summed E-state index contributed by atoms with van der Waals surface area (Å²) in [4.78, 5) is 13.5. The second kappa shape index (κ2) is 5.17. The summed E-state index contributed by atoms with van der Waals surface area (Å²) in [7, 11) is 0. The van der Waals surface area contributed by atoms with E-state index in [0.717, 1.165) is 13.1 Å². The van der Waals surface area contributed by atoms with Crippen LogP contribution in [0.5, 0.6) is 0 Å². The summed E-state index contributed by atoms with van der Waals surface area (Å²) in [5, 5.41) is 0. The number of piperazine rings is 1. The van der Waals surface area contributed by atoms with Crippen molar-refractivity contribution in [3.05, 3.63) is 0 Å². The first-order valence-electron chi connectivity index (χ1n) is 6.68. The molecule has 0 radical (unpaired) electrons. The van der Waals surface area contributed by atoms with Crippen molar-refractivity contribution in [3.8, 4) is 0 Å². The SMILES string of the molecule is CC.CC(=O)N1CC[N+]2(C(C)C)CCC1C2. The Kier molecular flexibility index (Phi) is 4.36. The molecule has 2 bridgehead atoms. The fourth-order valence-corrected chi connectivity index (χ4v) is 3.10. The first kappa shape index (κ1) is 13.5. The van der Waals surface area contributed by atoms with Crippen LogP contribution in [0.4, 0.5) is 0 Å². The number of nitrogens with zero attached hydrogens (tertiary/aromatic N) is 2. The zero-order chi connectivity index (χ0) is 12.3. The maximum Gasteiger partial charge on any atom is 0.220 e. The van der Waals surface area contributed by atoms with Gasteiger partial charge in [0.2, 0.25) is 5.91 Å². The summed E-state index contributed by atoms with van der Waals surface area (Å²) < 4.78 is 1.24. The maximum absolute atomic E-state index is 11.4. The quantitative estimate of drug-likeness (QED) is 0.626. The number of rotatable bonds is 1. The van der Waals surface area contributed by atoms with E-state index in [0.29, 0.717) is 12.1 Å². The molecule has 3 nitrogen and oxygen atoms in total. The van der Waals surface area contributed by atoms with Crippen molar-refractivity contribution < 1.29 is 9.28 Å². The molecule has 0 saturated carbocycles. The van der Waals surface area contributed by atoms with Gasteiger partial charge in [0.1, 0.15) is 0 Å². The average molecular weight is 227 g/mol. The molecule has 2 rings (SSSR count). The second-order valence-corrected chi connectivity index (χ2v) is 5.10. The van der Waals surface area contributed by atoms with Crippen LogP contribution in [0.1, 0.15) is 41.0 Å². The molecule has 2 heterocycles. The maximum atomic E-state index is 11.4. The van der Waals surface area contributed by atoms with Gasteiger partial charge in [0.25, 0.3) is 0 Å². The number of hydrogen-bond acceptors (Lipinski definition) is 1. The molecule has 0 aromatic heterocycles. The summed E-state index contributed by atoms with van der Waals surface area (Å²) in [5.41, 5.74) is 0. The van der Waals surface area contributed by atoms with Gasteiger partial charge in [-0.25, -0.2) is 0 Å². The molecule has 2 aliphatic rings. The molecule has 0 aliphatic carbocycles. The number of carbonyl (C=O) groups is 1. The number of amides is 1. The van der Waals surface area contributed by atoms with Gasteiger partial charge in [-0.05, 0) is 13.8 Å². The van der Waals surface area contributed by atoms with Crippen molar-refractivity contribution >= 4 is 5.91 Å². The van der Waals surface area contributed by atoms with Crippen LogP contribution in [0, 0.1) is 0 Å². The first-order valence-corrected chi connectivity index (χ1v) is 6.68. The molecule has 0 spiro atoms. The minimum atomic E-state index is 0.262. The summed E-state index contributed by atoms with van der Waals surface area (Å²) in [6.07, 6.45) is 1.21. The molecule has 2 unspecified atom stereocenters. The lowest BCUT2D eigenvalue weighted by Crippen LogP contribution is -2.61. The third-order valence-corrected chi connectivity index (χ3v) is 4.21. The number of carbonyl (C=O) groups excluding carboxylic acids is 1. The van der Waals surface area contributed by atoms with Crippen LogP contribution in [0.3, 0.4) is 0 Å². The minimum Gasteiger partial charge on any atom is -0.328 e. The lowest BCUT2D eigenvalue weighted by Gasteiger charge is -2.44. The van der Waals surface area contributed by atoms with Crippen molar-refractivity contribution in [1.29, 1.82) is 0 Å². The van der Waals surface area contributed by atoms with E-state index in [4.69, 9.17) is 0 Å².